The van der Waals surface area contributed by atoms with Gasteiger partial charge in [0.1, 0.15) is 0 Å². The molecule has 0 spiro atoms. The number of carboxylic acid groups (broad SMARTS) is 4. The fourth-order valence-corrected chi connectivity index (χ4v) is 1.12. The molecular formula is C10H22O8P2. The third-order valence-electron chi connectivity index (χ3n) is 0.500. The number of hydrogen-bond donors (Lipinski definition) is 4. The van der Waals surface area contributed by atoms with Gasteiger partial charge < -0.3 is 20.4 Å². The molecule has 1 aliphatic rings. The van der Waals surface area contributed by atoms with Crippen molar-refractivity contribution in [3.8, 4) is 0 Å². The van der Waals surface area contributed by atoms with E-state index in [4.69, 9.17) is 39.6 Å². The van der Waals surface area contributed by atoms with Crippen LogP contribution in [-0.4, -0.2) is 56.6 Å². The van der Waals surface area contributed by atoms with Crippen molar-refractivity contribution >= 4 is 40.4 Å². The van der Waals surface area contributed by atoms with Crippen LogP contribution in [0.25, 0.3) is 0 Å². The van der Waals surface area contributed by atoms with Gasteiger partial charge in [-0.2, -0.15) is 0 Å². The van der Waals surface area contributed by atoms with Gasteiger partial charge >= 0.3 is 0 Å². The van der Waals surface area contributed by atoms with Crippen LogP contribution in [0.5, 0.6) is 0 Å². The molecule has 0 amide bonds. The standard InChI is InChI=1S/4C2H4O2.C2H6P2/c4*1-2(3)4;1-2-4-3-1/h4*1H3,(H,3,4);3-4H,1-2H2. The summed E-state index contributed by atoms with van der Waals surface area (Å²) < 4.78 is 0. The molecule has 1 rings (SSSR count). The zero-order valence-electron chi connectivity index (χ0n) is 11.8. The summed E-state index contributed by atoms with van der Waals surface area (Å²) in [7, 11) is 2.70. The Bertz CT molecular complexity index is 208. The van der Waals surface area contributed by atoms with Crippen molar-refractivity contribution in [3.63, 3.8) is 0 Å². The van der Waals surface area contributed by atoms with Gasteiger partial charge in [0.05, 0.1) is 0 Å². The Morgan fingerprint density at radius 3 is 0.650 bits per heavy atom. The summed E-state index contributed by atoms with van der Waals surface area (Å²) in [5.41, 5.74) is 0. The normalized spacial score (nSPS) is 12.2. The van der Waals surface area contributed by atoms with Crippen LogP contribution in [0.2, 0.25) is 0 Å². The van der Waals surface area contributed by atoms with Crippen molar-refractivity contribution < 1.29 is 39.6 Å². The van der Waals surface area contributed by atoms with E-state index in [9.17, 15) is 0 Å². The molecule has 0 aromatic rings. The number of aliphatic carboxylic acids is 4. The first-order valence-electron chi connectivity index (χ1n) is 5.17. The van der Waals surface area contributed by atoms with E-state index < -0.39 is 23.9 Å². The molecule has 2 atom stereocenters. The summed E-state index contributed by atoms with van der Waals surface area (Å²) in [6, 6.07) is 0. The average Bonchev–Trinajstić information content (AvgIpc) is 1.91. The molecule has 120 valence electrons. The van der Waals surface area contributed by atoms with E-state index in [-0.39, 0.29) is 0 Å². The lowest BCUT2D eigenvalue weighted by molar-refractivity contribution is -0.135. The largest absolute Gasteiger partial charge is 0.481 e. The SMILES string of the molecule is C1CPP1.CC(=O)O.CC(=O)O.CC(=O)O.CC(=O)O. The smallest absolute Gasteiger partial charge is 0.300 e. The summed E-state index contributed by atoms with van der Waals surface area (Å²) >= 11 is 0. The van der Waals surface area contributed by atoms with Gasteiger partial charge in [-0.05, 0) is 12.3 Å². The molecule has 10 heteroatoms. The molecule has 1 aliphatic heterocycles. The van der Waals surface area contributed by atoms with Gasteiger partial charge in [-0.1, -0.05) is 16.5 Å². The highest BCUT2D eigenvalue weighted by atomic mass is 32.0. The van der Waals surface area contributed by atoms with Crippen LogP contribution in [0, 0.1) is 0 Å². The third-order valence-corrected chi connectivity index (χ3v) is 4.50. The third kappa shape index (κ3) is 552. The van der Waals surface area contributed by atoms with Crippen molar-refractivity contribution in [3.05, 3.63) is 0 Å². The van der Waals surface area contributed by atoms with Crippen LogP contribution in [0.4, 0.5) is 0 Å². The number of rotatable bonds is 0. The highest BCUT2D eigenvalue weighted by molar-refractivity contribution is 8.15. The first kappa shape index (κ1) is 27.1. The molecule has 0 aromatic carbocycles. The van der Waals surface area contributed by atoms with E-state index in [1.54, 1.807) is 12.3 Å². The molecule has 1 fully saturated rings. The van der Waals surface area contributed by atoms with Crippen LogP contribution >= 0.6 is 16.5 Å². The Labute approximate surface area is 121 Å². The van der Waals surface area contributed by atoms with Gasteiger partial charge in [0, 0.05) is 27.7 Å². The average molecular weight is 332 g/mol. The lowest BCUT2D eigenvalue weighted by Crippen LogP contribution is -1.80. The molecule has 20 heavy (non-hydrogen) atoms. The van der Waals surface area contributed by atoms with Crippen molar-refractivity contribution in [1.82, 2.24) is 0 Å². The van der Waals surface area contributed by atoms with E-state index in [0.717, 1.165) is 27.7 Å². The fraction of sp³-hybridized carbons (Fsp3) is 0.600. The van der Waals surface area contributed by atoms with Crippen LogP contribution in [-0.2, 0) is 19.2 Å². The molecule has 2 unspecified atom stereocenters. The lowest BCUT2D eigenvalue weighted by atomic mass is 10.9. The van der Waals surface area contributed by atoms with E-state index >= 15 is 0 Å². The molecule has 8 nitrogen and oxygen atoms in total. The predicted molar refractivity (Wildman–Crippen MR) is 79.6 cm³/mol. The van der Waals surface area contributed by atoms with Crippen molar-refractivity contribution in [2.24, 2.45) is 0 Å². The fourth-order valence-electron chi connectivity index (χ4n) is 0.125. The number of carbonyl (C=O) groups is 4. The van der Waals surface area contributed by atoms with Gasteiger partial charge in [-0.3, -0.25) is 19.2 Å². The topological polar surface area (TPSA) is 149 Å². The zero-order chi connectivity index (χ0) is 17.1. The van der Waals surface area contributed by atoms with E-state index in [0.29, 0.717) is 0 Å². The molecule has 1 heterocycles. The molecule has 4 N–H and O–H groups in total. The second-order valence-corrected chi connectivity index (χ2v) is 6.76. The first-order chi connectivity index (χ1) is 8.93. The molecular weight excluding hydrogens is 310 g/mol. The summed E-state index contributed by atoms with van der Waals surface area (Å²) in [6.07, 6.45) is 3.08. The van der Waals surface area contributed by atoms with Crippen LogP contribution < -0.4 is 0 Å². The monoisotopic (exact) mass is 332 g/mol. The Hall–Kier alpha value is -1.26. The quantitative estimate of drug-likeness (QED) is 0.489. The maximum atomic E-state index is 9.00. The Morgan fingerprint density at radius 2 is 0.650 bits per heavy atom. The number of hydrogen-bond acceptors (Lipinski definition) is 4. The molecule has 0 saturated carbocycles. The Balaban J connectivity index is -0.0000000800. The van der Waals surface area contributed by atoms with Crippen molar-refractivity contribution in [2.75, 3.05) is 12.3 Å². The minimum absolute atomic E-state index is 0.833. The molecule has 0 aliphatic carbocycles. The van der Waals surface area contributed by atoms with Crippen LogP contribution in [0.15, 0.2) is 0 Å². The second kappa shape index (κ2) is 22.9. The van der Waals surface area contributed by atoms with Crippen LogP contribution in [0.3, 0.4) is 0 Å². The Morgan fingerprint density at radius 1 is 0.600 bits per heavy atom. The van der Waals surface area contributed by atoms with Gasteiger partial charge in [-0.15, -0.1) is 0 Å². The van der Waals surface area contributed by atoms with Crippen molar-refractivity contribution in [1.29, 1.82) is 0 Å². The van der Waals surface area contributed by atoms with Crippen molar-refractivity contribution in [2.45, 2.75) is 27.7 Å². The van der Waals surface area contributed by atoms with Gasteiger partial charge in [-0.25, -0.2) is 0 Å². The minimum atomic E-state index is -0.833. The summed E-state index contributed by atoms with van der Waals surface area (Å²) in [6.45, 7) is 4.33. The van der Waals surface area contributed by atoms with Crippen LogP contribution in [0.1, 0.15) is 27.7 Å². The highest BCUT2D eigenvalue weighted by Gasteiger charge is 1.94. The molecule has 0 aromatic heterocycles. The summed E-state index contributed by atoms with van der Waals surface area (Å²) in [4.78, 5) is 36.0. The molecule has 0 bridgehead atoms. The predicted octanol–water partition coefficient (Wildman–Crippen LogP) is 1.64. The van der Waals surface area contributed by atoms with Gasteiger partial charge in [0.2, 0.25) is 0 Å². The first-order valence-corrected chi connectivity index (χ1v) is 8.58. The number of carboxylic acids is 4. The van der Waals surface area contributed by atoms with Gasteiger partial charge in [0.25, 0.3) is 23.9 Å². The van der Waals surface area contributed by atoms with E-state index in [1.165, 1.54) is 16.5 Å². The van der Waals surface area contributed by atoms with Gasteiger partial charge in [0.15, 0.2) is 0 Å². The summed E-state index contributed by atoms with van der Waals surface area (Å²) in [5.74, 6) is -3.33. The lowest BCUT2D eigenvalue weighted by Gasteiger charge is -2.06. The zero-order valence-corrected chi connectivity index (χ0v) is 13.8. The summed E-state index contributed by atoms with van der Waals surface area (Å²) in [5, 5.41) is 29.7. The van der Waals surface area contributed by atoms with E-state index in [2.05, 4.69) is 0 Å². The Kier molecular flexibility index (Phi) is 31.1. The highest BCUT2D eigenvalue weighted by Crippen LogP contribution is 2.46. The molecule has 1 saturated heterocycles. The minimum Gasteiger partial charge on any atom is -0.481 e. The molecule has 0 radical (unpaired) electrons. The maximum Gasteiger partial charge on any atom is 0.300 e. The maximum absolute atomic E-state index is 9.00. The second-order valence-electron chi connectivity index (χ2n) is 2.93. The van der Waals surface area contributed by atoms with E-state index in [1.807, 2.05) is 0 Å².